The molecule has 17 heavy (non-hydrogen) atoms. The summed E-state index contributed by atoms with van der Waals surface area (Å²) in [6.07, 6.45) is 1.17. The maximum Gasteiger partial charge on any atom is 0.303 e. The maximum absolute atomic E-state index is 10.6. The lowest BCUT2D eigenvalue weighted by molar-refractivity contribution is -0.140. The van der Waals surface area contributed by atoms with Gasteiger partial charge in [-0.1, -0.05) is 0 Å². The Bertz CT molecular complexity index is 230. The van der Waals surface area contributed by atoms with Crippen LogP contribution in [0.15, 0.2) is 0 Å². The molecule has 0 saturated heterocycles. The van der Waals surface area contributed by atoms with Gasteiger partial charge in [0.25, 0.3) is 0 Å². The van der Waals surface area contributed by atoms with E-state index in [9.17, 15) is 9.59 Å². The van der Waals surface area contributed by atoms with Crippen molar-refractivity contribution in [1.29, 1.82) is 0 Å². The maximum atomic E-state index is 10.6. The molecular formula is C11H22N2O4. The van der Waals surface area contributed by atoms with Crippen molar-refractivity contribution in [3.05, 3.63) is 0 Å². The van der Waals surface area contributed by atoms with E-state index in [4.69, 9.17) is 15.9 Å². The monoisotopic (exact) mass is 246 g/mol. The molecule has 1 atom stereocenters. The molecule has 0 aliphatic rings. The Hall–Kier alpha value is -1.14. The van der Waals surface area contributed by atoms with Crippen LogP contribution in [0.1, 0.15) is 32.6 Å². The quantitative estimate of drug-likeness (QED) is 0.440. The highest BCUT2D eigenvalue weighted by atomic mass is 16.4. The fourth-order valence-electron chi connectivity index (χ4n) is 1.69. The molecule has 0 saturated carbocycles. The van der Waals surface area contributed by atoms with E-state index in [-0.39, 0.29) is 24.8 Å². The summed E-state index contributed by atoms with van der Waals surface area (Å²) in [5.41, 5.74) is 5.35. The normalized spacial score (nSPS) is 12.6. The van der Waals surface area contributed by atoms with Crippen molar-refractivity contribution in [2.45, 2.75) is 38.6 Å². The third-order valence-corrected chi connectivity index (χ3v) is 2.57. The van der Waals surface area contributed by atoms with Gasteiger partial charge >= 0.3 is 11.9 Å². The number of rotatable bonds is 10. The molecule has 0 amide bonds. The third kappa shape index (κ3) is 9.77. The number of hydrogen-bond donors (Lipinski definition) is 4. The first-order valence-electron chi connectivity index (χ1n) is 5.82. The van der Waals surface area contributed by atoms with Gasteiger partial charge < -0.3 is 21.3 Å². The average Bonchev–Trinajstić information content (AvgIpc) is 2.21. The predicted molar refractivity (Wildman–Crippen MR) is 63.7 cm³/mol. The molecule has 6 nitrogen and oxygen atoms in total. The summed E-state index contributed by atoms with van der Waals surface area (Å²) >= 11 is 0. The molecule has 0 bridgehead atoms. The Balaban J connectivity index is 3.97. The molecule has 0 aromatic rings. The first kappa shape index (κ1) is 15.9. The van der Waals surface area contributed by atoms with Gasteiger partial charge in [0.1, 0.15) is 0 Å². The van der Waals surface area contributed by atoms with Crippen molar-refractivity contribution in [3.63, 3.8) is 0 Å². The fourth-order valence-corrected chi connectivity index (χ4v) is 1.69. The Morgan fingerprint density at radius 1 is 1.18 bits per heavy atom. The van der Waals surface area contributed by atoms with Crippen molar-refractivity contribution >= 4 is 11.9 Å². The van der Waals surface area contributed by atoms with E-state index >= 15 is 0 Å². The second-order valence-electron chi connectivity index (χ2n) is 4.28. The van der Waals surface area contributed by atoms with Gasteiger partial charge in [-0.2, -0.15) is 0 Å². The zero-order chi connectivity index (χ0) is 13.3. The molecule has 0 aromatic heterocycles. The van der Waals surface area contributed by atoms with Crippen LogP contribution in [0.2, 0.25) is 0 Å². The zero-order valence-corrected chi connectivity index (χ0v) is 10.2. The summed E-state index contributed by atoms with van der Waals surface area (Å²) in [5.74, 6) is -2.19. The minimum absolute atomic E-state index is 0.0874. The van der Waals surface area contributed by atoms with Gasteiger partial charge in [0.05, 0.1) is 0 Å². The van der Waals surface area contributed by atoms with Crippen LogP contribution in [0.4, 0.5) is 0 Å². The fraction of sp³-hybridized carbons (Fsp3) is 0.818. The molecule has 100 valence electrons. The molecule has 0 aliphatic heterocycles. The highest BCUT2D eigenvalue weighted by Crippen LogP contribution is 2.17. The molecule has 5 N–H and O–H groups in total. The van der Waals surface area contributed by atoms with Crippen molar-refractivity contribution in [2.75, 3.05) is 13.1 Å². The molecule has 0 aliphatic carbocycles. The predicted octanol–water partition coefficient (Wildman–Crippen LogP) is 0.269. The minimum Gasteiger partial charge on any atom is -0.481 e. The van der Waals surface area contributed by atoms with Gasteiger partial charge in [0, 0.05) is 32.0 Å². The van der Waals surface area contributed by atoms with Gasteiger partial charge in [-0.05, 0) is 25.7 Å². The first-order valence-corrected chi connectivity index (χ1v) is 5.82. The van der Waals surface area contributed by atoms with Gasteiger partial charge in [-0.3, -0.25) is 9.59 Å². The zero-order valence-electron chi connectivity index (χ0n) is 10.2. The molecule has 0 spiro atoms. The van der Waals surface area contributed by atoms with Crippen molar-refractivity contribution in [3.8, 4) is 0 Å². The number of carboxylic acids is 2. The standard InChI is InChI=1S/C11H22N2O4/c1-8(13-5-4-12)2-3-9(6-10(14)15)7-11(16)17/h8-9,13H,2-7,12H2,1H3,(H,14,15)(H,16,17). The SMILES string of the molecule is CC(CCC(CC(=O)O)CC(=O)O)NCCN. The molecule has 1 unspecified atom stereocenters. The third-order valence-electron chi connectivity index (χ3n) is 2.57. The summed E-state index contributed by atoms with van der Waals surface area (Å²) in [5, 5.41) is 20.5. The van der Waals surface area contributed by atoms with Gasteiger partial charge in [0.15, 0.2) is 0 Å². The van der Waals surface area contributed by atoms with Crippen molar-refractivity contribution < 1.29 is 19.8 Å². The average molecular weight is 246 g/mol. The number of aliphatic carboxylic acids is 2. The Kier molecular flexibility index (Phi) is 8.35. The van der Waals surface area contributed by atoms with Crippen LogP contribution < -0.4 is 11.1 Å². The van der Waals surface area contributed by atoms with E-state index < -0.39 is 11.9 Å². The number of nitrogens with two attached hydrogens (primary N) is 1. The molecule has 0 heterocycles. The van der Waals surface area contributed by atoms with Crippen LogP contribution in [0.25, 0.3) is 0 Å². The van der Waals surface area contributed by atoms with Crippen LogP contribution in [-0.2, 0) is 9.59 Å². The molecule has 0 aromatic carbocycles. The van der Waals surface area contributed by atoms with Crippen molar-refractivity contribution in [2.24, 2.45) is 11.7 Å². The lowest BCUT2D eigenvalue weighted by Gasteiger charge is -2.17. The van der Waals surface area contributed by atoms with Gasteiger partial charge in [0.2, 0.25) is 0 Å². The van der Waals surface area contributed by atoms with Crippen LogP contribution in [0.5, 0.6) is 0 Å². The van der Waals surface area contributed by atoms with E-state index in [1.807, 2.05) is 6.92 Å². The Labute approximate surface area is 101 Å². The summed E-state index contributed by atoms with van der Waals surface area (Å²) in [6, 6.07) is 0.226. The van der Waals surface area contributed by atoms with Crippen LogP contribution in [-0.4, -0.2) is 41.3 Å². The van der Waals surface area contributed by atoms with E-state index in [0.717, 1.165) is 6.42 Å². The number of hydrogen-bond acceptors (Lipinski definition) is 4. The summed E-state index contributed by atoms with van der Waals surface area (Å²) < 4.78 is 0. The van der Waals surface area contributed by atoms with Crippen LogP contribution in [0, 0.1) is 5.92 Å². The van der Waals surface area contributed by atoms with Crippen LogP contribution in [0.3, 0.4) is 0 Å². The molecule has 0 fully saturated rings. The Morgan fingerprint density at radius 2 is 1.71 bits per heavy atom. The number of carboxylic acid groups (broad SMARTS) is 2. The molecule has 0 rings (SSSR count). The van der Waals surface area contributed by atoms with Crippen LogP contribution >= 0.6 is 0 Å². The molecule has 6 heteroatoms. The lowest BCUT2D eigenvalue weighted by atomic mass is 9.94. The van der Waals surface area contributed by atoms with Gasteiger partial charge in [-0.25, -0.2) is 0 Å². The highest BCUT2D eigenvalue weighted by molar-refractivity contribution is 5.70. The second kappa shape index (κ2) is 8.95. The minimum atomic E-state index is -0.946. The number of nitrogens with one attached hydrogen (secondary N) is 1. The summed E-state index contributed by atoms with van der Waals surface area (Å²) in [6.45, 7) is 3.25. The Morgan fingerprint density at radius 3 is 2.12 bits per heavy atom. The summed E-state index contributed by atoms with van der Waals surface area (Å²) in [4.78, 5) is 21.2. The van der Waals surface area contributed by atoms with E-state index in [1.54, 1.807) is 0 Å². The topological polar surface area (TPSA) is 113 Å². The van der Waals surface area contributed by atoms with Crippen molar-refractivity contribution in [1.82, 2.24) is 5.32 Å². The molecular weight excluding hydrogens is 224 g/mol. The van der Waals surface area contributed by atoms with E-state index in [0.29, 0.717) is 19.5 Å². The summed E-state index contributed by atoms with van der Waals surface area (Å²) in [7, 11) is 0. The number of carbonyl (C=O) groups is 2. The highest BCUT2D eigenvalue weighted by Gasteiger charge is 2.17. The van der Waals surface area contributed by atoms with E-state index in [1.165, 1.54) is 0 Å². The lowest BCUT2D eigenvalue weighted by Crippen LogP contribution is -2.31. The smallest absolute Gasteiger partial charge is 0.303 e. The first-order chi connectivity index (χ1) is 7.95. The van der Waals surface area contributed by atoms with E-state index in [2.05, 4.69) is 5.32 Å². The largest absolute Gasteiger partial charge is 0.481 e. The van der Waals surface area contributed by atoms with Gasteiger partial charge in [-0.15, -0.1) is 0 Å². The second-order valence-corrected chi connectivity index (χ2v) is 4.28. The molecule has 0 radical (unpaired) electrons.